The van der Waals surface area contributed by atoms with E-state index in [0.29, 0.717) is 0 Å². The molecule has 1 rings (SSSR count). The average Bonchev–Trinajstić information content (AvgIpc) is 1.86. The standard InChI is InChI=1S/C10H15Si/c1-9-6-5-7-10(8-9)11(2,3)4/h5-7H,1-4H3. The second-order valence-corrected chi connectivity index (χ2v) is 9.04. The molecule has 1 radical (unpaired) electrons. The Kier molecular flexibility index (Phi) is 2.19. The van der Waals surface area contributed by atoms with Gasteiger partial charge in [-0.15, -0.1) is 0 Å². The first-order valence-corrected chi connectivity index (χ1v) is 7.49. The van der Waals surface area contributed by atoms with Gasteiger partial charge < -0.3 is 0 Å². The monoisotopic (exact) mass is 163 g/mol. The fourth-order valence-electron chi connectivity index (χ4n) is 1.02. The topological polar surface area (TPSA) is 0 Å². The summed E-state index contributed by atoms with van der Waals surface area (Å²) in [5.74, 6) is 0. The molecule has 0 spiro atoms. The van der Waals surface area contributed by atoms with Gasteiger partial charge >= 0.3 is 0 Å². The number of aryl methyl sites for hydroxylation is 1. The molecule has 0 aromatic heterocycles. The van der Waals surface area contributed by atoms with E-state index in [9.17, 15) is 0 Å². The summed E-state index contributed by atoms with van der Waals surface area (Å²) in [6.07, 6.45) is 0. The van der Waals surface area contributed by atoms with Crippen LogP contribution in [0.25, 0.3) is 0 Å². The first-order chi connectivity index (χ1) is 5.00. The van der Waals surface area contributed by atoms with Gasteiger partial charge in [0.15, 0.2) is 0 Å². The highest BCUT2D eigenvalue weighted by Gasteiger charge is 2.15. The molecule has 0 atom stereocenters. The highest BCUT2D eigenvalue weighted by atomic mass is 28.3. The van der Waals surface area contributed by atoms with Crippen molar-refractivity contribution in [3.63, 3.8) is 0 Å². The lowest BCUT2D eigenvalue weighted by atomic mass is 10.2. The van der Waals surface area contributed by atoms with Crippen LogP contribution in [0.1, 0.15) is 5.56 Å². The SMILES string of the molecule is Cc1[c]c([Si](C)(C)C)ccc1. The minimum absolute atomic E-state index is 1.12. The molecule has 0 unspecified atom stereocenters. The molecule has 0 aliphatic rings. The van der Waals surface area contributed by atoms with Gasteiger partial charge in [-0.3, -0.25) is 0 Å². The molecule has 0 heterocycles. The Morgan fingerprint density at radius 2 is 1.82 bits per heavy atom. The van der Waals surface area contributed by atoms with Crippen LogP contribution in [-0.2, 0) is 0 Å². The Morgan fingerprint density at radius 3 is 2.18 bits per heavy atom. The zero-order chi connectivity index (χ0) is 8.48. The van der Waals surface area contributed by atoms with Crippen molar-refractivity contribution in [2.24, 2.45) is 0 Å². The van der Waals surface area contributed by atoms with E-state index in [4.69, 9.17) is 0 Å². The van der Waals surface area contributed by atoms with Crippen LogP contribution in [0.5, 0.6) is 0 Å². The number of hydrogen-bond acceptors (Lipinski definition) is 0. The lowest BCUT2D eigenvalue weighted by Gasteiger charge is -2.15. The maximum absolute atomic E-state index is 3.41. The highest BCUT2D eigenvalue weighted by molar-refractivity contribution is 6.88. The lowest BCUT2D eigenvalue weighted by molar-refractivity contribution is 1.47. The van der Waals surface area contributed by atoms with E-state index < -0.39 is 8.07 Å². The maximum Gasteiger partial charge on any atom is 0.0784 e. The van der Waals surface area contributed by atoms with E-state index >= 15 is 0 Å². The van der Waals surface area contributed by atoms with Crippen molar-refractivity contribution in [1.82, 2.24) is 0 Å². The van der Waals surface area contributed by atoms with E-state index in [1.54, 1.807) is 0 Å². The van der Waals surface area contributed by atoms with Crippen molar-refractivity contribution in [3.05, 3.63) is 29.8 Å². The van der Waals surface area contributed by atoms with Crippen LogP contribution in [0, 0.1) is 13.0 Å². The minimum atomic E-state index is -1.12. The molecular formula is C10H15Si. The predicted molar refractivity (Wildman–Crippen MR) is 53.0 cm³/mol. The first-order valence-electron chi connectivity index (χ1n) is 3.99. The molecule has 0 amide bonds. The van der Waals surface area contributed by atoms with Crippen LogP contribution in [0.3, 0.4) is 0 Å². The van der Waals surface area contributed by atoms with Crippen molar-refractivity contribution in [2.75, 3.05) is 0 Å². The van der Waals surface area contributed by atoms with Crippen molar-refractivity contribution in [3.8, 4) is 0 Å². The van der Waals surface area contributed by atoms with E-state index in [2.05, 4.69) is 50.8 Å². The average molecular weight is 163 g/mol. The van der Waals surface area contributed by atoms with Gasteiger partial charge in [0.2, 0.25) is 0 Å². The van der Waals surface area contributed by atoms with Gasteiger partial charge in [0, 0.05) is 0 Å². The molecule has 0 aliphatic carbocycles. The molecule has 59 valence electrons. The maximum atomic E-state index is 3.41. The zero-order valence-corrected chi connectivity index (χ0v) is 8.73. The molecule has 1 aromatic rings. The third kappa shape index (κ3) is 2.19. The van der Waals surface area contributed by atoms with Crippen molar-refractivity contribution in [1.29, 1.82) is 0 Å². The molecule has 0 saturated heterocycles. The van der Waals surface area contributed by atoms with Gasteiger partial charge in [0.1, 0.15) is 0 Å². The summed E-state index contributed by atoms with van der Waals surface area (Å²) in [4.78, 5) is 0. The molecule has 0 fully saturated rings. The summed E-state index contributed by atoms with van der Waals surface area (Å²) in [7, 11) is -1.12. The Balaban J connectivity index is 3.06. The third-order valence-electron chi connectivity index (χ3n) is 1.75. The minimum Gasteiger partial charge on any atom is -0.0656 e. The van der Waals surface area contributed by atoms with Gasteiger partial charge in [-0.25, -0.2) is 0 Å². The molecular weight excluding hydrogens is 148 g/mol. The van der Waals surface area contributed by atoms with Crippen LogP contribution >= 0.6 is 0 Å². The van der Waals surface area contributed by atoms with Crippen LogP contribution in [0.4, 0.5) is 0 Å². The highest BCUT2D eigenvalue weighted by Crippen LogP contribution is 2.02. The molecule has 11 heavy (non-hydrogen) atoms. The van der Waals surface area contributed by atoms with Crippen LogP contribution in [0.15, 0.2) is 18.2 Å². The van der Waals surface area contributed by atoms with Crippen molar-refractivity contribution >= 4 is 13.3 Å². The van der Waals surface area contributed by atoms with E-state index in [-0.39, 0.29) is 0 Å². The van der Waals surface area contributed by atoms with E-state index in [1.807, 2.05) is 0 Å². The molecule has 0 bridgehead atoms. The van der Waals surface area contributed by atoms with Gasteiger partial charge in [-0.2, -0.15) is 0 Å². The third-order valence-corrected chi connectivity index (χ3v) is 3.66. The van der Waals surface area contributed by atoms with Crippen LogP contribution in [0.2, 0.25) is 19.6 Å². The number of rotatable bonds is 1. The zero-order valence-electron chi connectivity index (χ0n) is 7.73. The number of benzene rings is 1. The van der Waals surface area contributed by atoms with Gasteiger partial charge in [-0.05, 0) is 18.6 Å². The Hall–Kier alpha value is -0.563. The summed E-state index contributed by atoms with van der Waals surface area (Å²) in [5.41, 5.74) is 1.25. The largest absolute Gasteiger partial charge is 0.0784 e. The van der Waals surface area contributed by atoms with Crippen LogP contribution < -0.4 is 5.19 Å². The van der Waals surface area contributed by atoms with Gasteiger partial charge in [0.25, 0.3) is 0 Å². The van der Waals surface area contributed by atoms with Crippen molar-refractivity contribution < 1.29 is 0 Å². The molecule has 1 heteroatoms. The molecule has 0 saturated carbocycles. The summed E-state index contributed by atoms with van der Waals surface area (Å²) >= 11 is 0. The normalized spacial score (nSPS) is 11.6. The molecule has 1 aromatic carbocycles. The predicted octanol–water partition coefficient (Wildman–Crippen LogP) is 2.34. The first kappa shape index (κ1) is 8.53. The second-order valence-electron chi connectivity index (χ2n) is 4.00. The quantitative estimate of drug-likeness (QED) is 0.557. The molecule has 0 nitrogen and oxygen atoms in total. The Labute approximate surface area is 70.3 Å². The fourth-order valence-corrected chi connectivity index (χ4v) is 2.19. The summed E-state index contributed by atoms with van der Waals surface area (Å²) in [6, 6.07) is 9.83. The number of hydrogen-bond donors (Lipinski definition) is 0. The van der Waals surface area contributed by atoms with Gasteiger partial charge in [0.05, 0.1) is 8.07 Å². The summed E-state index contributed by atoms with van der Waals surface area (Å²) in [6.45, 7) is 9.14. The lowest BCUT2D eigenvalue weighted by Crippen LogP contribution is -2.37. The Bertz CT molecular complexity index is 245. The van der Waals surface area contributed by atoms with Gasteiger partial charge in [-0.1, -0.05) is 43.0 Å². The van der Waals surface area contributed by atoms with Crippen LogP contribution in [-0.4, -0.2) is 8.07 Å². The van der Waals surface area contributed by atoms with E-state index in [1.165, 1.54) is 10.8 Å². The Morgan fingerprint density at radius 1 is 1.18 bits per heavy atom. The van der Waals surface area contributed by atoms with Crippen molar-refractivity contribution in [2.45, 2.75) is 26.6 Å². The summed E-state index contributed by atoms with van der Waals surface area (Å²) < 4.78 is 0. The summed E-state index contributed by atoms with van der Waals surface area (Å²) in [5, 5.41) is 1.43. The second kappa shape index (κ2) is 2.82. The molecule has 0 N–H and O–H groups in total. The molecule has 0 aliphatic heterocycles. The van der Waals surface area contributed by atoms with E-state index in [0.717, 1.165) is 0 Å². The smallest absolute Gasteiger partial charge is 0.0656 e. The fraction of sp³-hybridized carbons (Fsp3) is 0.400.